The van der Waals surface area contributed by atoms with E-state index in [2.05, 4.69) is 21.2 Å². The number of aryl methyl sites for hydroxylation is 1. The van der Waals surface area contributed by atoms with Crippen LogP contribution >= 0.6 is 15.9 Å². The number of nitrogens with one attached hydrogen (secondary N) is 1. The van der Waals surface area contributed by atoms with E-state index < -0.39 is 0 Å². The van der Waals surface area contributed by atoms with Gasteiger partial charge in [-0.1, -0.05) is 40.2 Å². The number of hydrogen-bond acceptors (Lipinski definition) is 2. The Morgan fingerprint density at radius 2 is 1.95 bits per heavy atom. The van der Waals surface area contributed by atoms with Crippen LogP contribution in [-0.2, 0) is 0 Å². The monoisotopic (exact) mass is 329 g/mol. The van der Waals surface area contributed by atoms with Gasteiger partial charge in [0, 0.05) is 15.5 Å². The quantitative estimate of drug-likeness (QED) is 0.736. The molecule has 1 amide bonds. The van der Waals surface area contributed by atoms with Gasteiger partial charge >= 0.3 is 0 Å². The summed E-state index contributed by atoms with van der Waals surface area (Å²) in [5, 5.41) is 3.74. The van der Waals surface area contributed by atoms with E-state index in [1.807, 2.05) is 49.4 Å². The van der Waals surface area contributed by atoms with Crippen molar-refractivity contribution in [2.45, 2.75) is 6.92 Å². The lowest BCUT2D eigenvalue weighted by molar-refractivity contribution is 0.0998. The molecule has 4 heteroatoms. The first kappa shape index (κ1) is 12.9. The second-order valence-electron chi connectivity index (χ2n) is 4.57. The largest absolute Gasteiger partial charge is 0.451 e. The molecule has 3 rings (SSSR count). The number of carbonyl (C=O) groups is 1. The molecule has 2 aromatic carbocycles. The van der Waals surface area contributed by atoms with Crippen molar-refractivity contribution >= 4 is 38.5 Å². The first-order chi connectivity index (χ1) is 9.63. The molecule has 1 N–H and O–H groups in total. The summed E-state index contributed by atoms with van der Waals surface area (Å²) >= 11 is 3.45. The van der Waals surface area contributed by atoms with E-state index in [1.165, 1.54) is 0 Å². The highest BCUT2D eigenvalue weighted by atomic mass is 79.9. The fourth-order valence-corrected chi connectivity index (χ4v) is 2.34. The number of benzene rings is 2. The standard InChI is InChI=1S/C16H12BrNO2/c1-10-6-7-12(9-13(10)17)18-16(19)15-8-11-4-2-3-5-14(11)20-15/h2-9H,1H3,(H,18,19). The van der Waals surface area contributed by atoms with Gasteiger partial charge in [-0.3, -0.25) is 4.79 Å². The van der Waals surface area contributed by atoms with Gasteiger partial charge in [0.15, 0.2) is 5.76 Å². The summed E-state index contributed by atoms with van der Waals surface area (Å²) in [6.07, 6.45) is 0. The van der Waals surface area contributed by atoms with E-state index in [0.29, 0.717) is 11.3 Å². The topological polar surface area (TPSA) is 42.2 Å². The fraction of sp³-hybridized carbons (Fsp3) is 0.0625. The number of fused-ring (bicyclic) bond motifs is 1. The molecule has 1 aromatic heterocycles. The molecule has 100 valence electrons. The molecule has 0 saturated carbocycles. The molecular weight excluding hydrogens is 318 g/mol. The third-order valence-corrected chi connectivity index (χ3v) is 3.93. The molecule has 0 spiro atoms. The van der Waals surface area contributed by atoms with Gasteiger partial charge in [0.1, 0.15) is 5.58 Å². The number of halogens is 1. The molecule has 3 aromatic rings. The number of anilines is 1. The van der Waals surface area contributed by atoms with Gasteiger partial charge in [-0.05, 0) is 36.8 Å². The number of rotatable bonds is 2. The number of carbonyl (C=O) groups excluding carboxylic acids is 1. The van der Waals surface area contributed by atoms with E-state index in [0.717, 1.165) is 21.1 Å². The fourth-order valence-electron chi connectivity index (χ4n) is 1.96. The summed E-state index contributed by atoms with van der Waals surface area (Å²) in [5.74, 6) is 0.0554. The molecule has 0 aliphatic carbocycles. The van der Waals surface area contributed by atoms with E-state index >= 15 is 0 Å². The van der Waals surface area contributed by atoms with Crippen LogP contribution in [0.3, 0.4) is 0 Å². The summed E-state index contributed by atoms with van der Waals surface area (Å²) in [7, 11) is 0. The smallest absolute Gasteiger partial charge is 0.291 e. The van der Waals surface area contributed by atoms with Crippen LogP contribution < -0.4 is 5.32 Å². The van der Waals surface area contributed by atoms with Crippen LogP contribution in [0.1, 0.15) is 16.1 Å². The Kier molecular flexibility index (Phi) is 3.32. The molecule has 0 saturated heterocycles. The van der Waals surface area contributed by atoms with Gasteiger partial charge in [0.05, 0.1) is 0 Å². The third-order valence-electron chi connectivity index (χ3n) is 3.08. The zero-order valence-electron chi connectivity index (χ0n) is 10.8. The van der Waals surface area contributed by atoms with Gasteiger partial charge in [-0.15, -0.1) is 0 Å². The van der Waals surface area contributed by atoms with Crippen molar-refractivity contribution in [3.05, 3.63) is 64.3 Å². The summed E-state index contributed by atoms with van der Waals surface area (Å²) in [6, 6.07) is 15.0. The Balaban J connectivity index is 1.86. The predicted molar refractivity (Wildman–Crippen MR) is 83.0 cm³/mol. The maximum Gasteiger partial charge on any atom is 0.291 e. The van der Waals surface area contributed by atoms with Gasteiger partial charge < -0.3 is 9.73 Å². The number of furan rings is 1. The molecule has 0 atom stereocenters. The van der Waals surface area contributed by atoms with E-state index in [9.17, 15) is 4.79 Å². The molecule has 1 heterocycles. The summed E-state index contributed by atoms with van der Waals surface area (Å²) in [5.41, 5.74) is 2.56. The molecule has 0 aliphatic heterocycles. The Labute approximate surface area is 124 Å². The molecular formula is C16H12BrNO2. The maximum absolute atomic E-state index is 12.2. The molecule has 0 radical (unpaired) electrons. The molecule has 0 unspecified atom stereocenters. The maximum atomic E-state index is 12.2. The minimum Gasteiger partial charge on any atom is -0.451 e. The van der Waals surface area contributed by atoms with E-state index in [4.69, 9.17) is 4.42 Å². The van der Waals surface area contributed by atoms with Crippen molar-refractivity contribution < 1.29 is 9.21 Å². The van der Waals surface area contributed by atoms with Crippen LogP contribution in [0.25, 0.3) is 11.0 Å². The average molecular weight is 330 g/mol. The van der Waals surface area contributed by atoms with Crippen LogP contribution in [-0.4, -0.2) is 5.91 Å². The summed E-state index contributed by atoms with van der Waals surface area (Å²) < 4.78 is 6.49. The van der Waals surface area contributed by atoms with E-state index in [-0.39, 0.29) is 5.91 Å². The second-order valence-corrected chi connectivity index (χ2v) is 5.42. The van der Waals surface area contributed by atoms with Gasteiger partial charge in [0.25, 0.3) is 5.91 Å². The van der Waals surface area contributed by atoms with Crippen LogP contribution in [0, 0.1) is 6.92 Å². The highest BCUT2D eigenvalue weighted by molar-refractivity contribution is 9.10. The number of amides is 1. The summed E-state index contributed by atoms with van der Waals surface area (Å²) in [6.45, 7) is 1.99. The lowest BCUT2D eigenvalue weighted by Crippen LogP contribution is -2.10. The zero-order chi connectivity index (χ0) is 14.1. The zero-order valence-corrected chi connectivity index (χ0v) is 12.4. The van der Waals surface area contributed by atoms with Crippen molar-refractivity contribution in [1.29, 1.82) is 0 Å². The third kappa shape index (κ3) is 2.47. The van der Waals surface area contributed by atoms with Crippen LogP contribution in [0.2, 0.25) is 0 Å². The molecule has 20 heavy (non-hydrogen) atoms. The first-order valence-corrected chi connectivity index (χ1v) is 6.99. The van der Waals surface area contributed by atoms with Crippen molar-refractivity contribution in [3.63, 3.8) is 0 Å². The highest BCUT2D eigenvalue weighted by Gasteiger charge is 2.12. The average Bonchev–Trinajstić information content (AvgIpc) is 2.87. The first-order valence-electron chi connectivity index (χ1n) is 6.19. The highest BCUT2D eigenvalue weighted by Crippen LogP contribution is 2.23. The minimum atomic E-state index is -0.253. The van der Waals surface area contributed by atoms with E-state index in [1.54, 1.807) is 6.07 Å². The van der Waals surface area contributed by atoms with Crippen molar-refractivity contribution in [2.75, 3.05) is 5.32 Å². The lowest BCUT2D eigenvalue weighted by Gasteiger charge is -2.05. The molecule has 0 aliphatic rings. The Morgan fingerprint density at radius 1 is 1.15 bits per heavy atom. The van der Waals surface area contributed by atoms with Crippen LogP contribution in [0.15, 0.2) is 57.4 Å². The van der Waals surface area contributed by atoms with Crippen molar-refractivity contribution in [2.24, 2.45) is 0 Å². The van der Waals surface area contributed by atoms with Crippen molar-refractivity contribution in [3.8, 4) is 0 Å². The number of para-hydroxylation sites is 1. The van der Waals surface area contributed by atoms with Crippen LogP contribution in [0.5, 0.6) is 0 Å². The van der Waals surface area contributed by atoms with Gasteiger partial charge in [-0.2, -0.15) is 0 Å². The SMILES string of the molecule is Cc1ccc(NC(=O)c2cc3ccccc3o2)cc1Br. The van der Waals surface area contributed by atoms with Crippen molar-refractivity contribution in [1.82, 2.24) is 0 Å². The Bertz CT molecular complexity index is 759. The normalized spacial score (nSPS) is 10.7. The van der Waals surface area contributed by atoms with Gasteiger partial charge in [0.2, 0.25) is 0 Å². The second kappa shape index (κ2) is 5.13. The summed E-state index contributed by atoms with van der Waals surface area (Å²) in [4.78, 5) is 12.2. The predicted octanol–water partition coefficient (Wildman–Crippen LogP) is 4.76. The lowest BCUT2D eigenvalue weighted by atomic mass is 10.2. The Morgan fingerprint density at radius 3 is 2.70 bits per heavy atom. The minimum absolute atomic E-state index is 0.253. The molecule has 0 bridgehead atoms. The Hall–Kier alpha value is -2.07. The van der Waals surface area contributed by atoms with Crippen LogP contribution in [0.4, 0.5) is 5.69 Å². The van der Waals surface area contributed by atoms with Gasteiger partial charge in [-0.25, -0.2) is 0 Å². The molecule has 3 nitrogen and oxygen atoms in total. The molecule has 0 fully saturated rings. The number of hydrogen-bond donors (Lipinski definition) is 1.